The molecule has 122 valence electrons. The second-order valence-electron chi connectivity index (χ2n) is 4.69. The molecule has 0 saturated heterocycles. The molecule has 0 spiro atoms. The van der Waals surface area contributed by atoms with Crippen LogP contribution in [0.4, 0.5) is 11.4 Å². The van der Waals surface area contributed by atoms with Crippen molar-refractivity contribution in [2.24, 2.45) is 0 Å². The number of nitrogens with one attached hydrogen (secondary N) is 2. The Morgan fingerprint density at radius 1 is 1.04 bits per heavy atom. The Morgan fingerprint density at radius 2 is 1.67 bits per heavy atom. The van der Waals surface area contributed by atoms with Crippen molar-refractivity contribution in [2.75, 3.05) is 24.0 Å². The summed E-state index contributed by atoms with van der Waals surface area (Å²) in [5.74, 6) is 0.284. The van der Waals surface area contributed by atoms with Gasteiger partial charge in [0.05, 0.1) is 12.1 Å². The molecule has 2 rings (SSSR count). The highest BCUT2D eigenvalue weighted by molar-refractivity contribution is 8.02. The summed E-state index contributed by atoms with van der Waals surface area (Å²) in [4.78, 5) is 12.4. The van der Waals surface area contributed by atoms with Crippen LogP contribution in [0.25, 0.3) is 0 Å². The molecule has 1 amide bonds. The van der Waals surface area contributed by atoms with Gasteiger partial charge < -0.3 is 15.4 Å². The zero-order valence-corrected chi connectivity index (χ0v) is 14.2. The van der Waals surface area contributed by atoms with E-state index in [1.165, 1.54) is 11.8 Å². The molecule has 5 nitrogen and oxygen atoms in total. The molecule has 0 fully saturated rings. The predicted molar refractivity (Wildman–Crippen MR) is 97.8 cm³/mol. The van der Waals surface area contributed by atoms with Crippen LogP contribution in [0.15, 0.2) is 65.2 Å². The van der Waals surface area contributed by atoms with Gasteiger partial charge in [-0.3, -0.25) is 4.79 Å². The Kier molecular flexibility index (Phi) is 6.29. The number of amides is 1. The van der Waals surface area contributed by atoms with Crippen molar-refractivity contribution >= 4 is 29.0 Å². The second kappa shape index (κ2) is 8.65. The number of hydrogen-bond donors (Lipinski definition) is 2. The van der Waals surface area contributed by atoms with Crippen molar-refractivity contribution in [1.82, 2.24) is 0 Å². The van der Waals surface area contributed by atoms with Crippen LogP contribution < -0.4 is 15.4 Å². The van der Waals surface area contributed by atoms with Crippen molar-refractivity contribution < 1.29 is 9.53 Å². The molecular weight excluding hydrogens is 322 g/mol. The van der Waals surface area contributed by atoms with Gasteiger partial charge in [-0.25, -0.2) is 0 Å². The van der Waals surface area contributed by atoms with Gasteiger partial charge in [0.1, 0.15) is 17.4 Å². The Balaban J connectivity index is 2.21. The lowest BCUT2D eigenvalue weighted by molar-refractivity contribution is -0.112. The van der Waals surface area contributed by atoms with E-state index < -0.39 is 5.91 Å². The number of nitrogens with zero attached hydrogens (tertiary/aromatic N) is 1. The number of hydrogen-bond acceptors (Lipinski definition) is 5. The Labute approximate surface area is 145 Å². The van der Waals surface area contributed by atoms with Gasteiger partial charge in [-0.05, 0) is 42.7 Å². The number of para-hydroxylation sites is 1. The lowest BCUT2D eigenvalue weighted by Crippen LogP contribution is -2.16. The normalized spacial score (nSPS) is 11.0. The third-order valence-corrected chi connectivity index (χ3v) is 3.86. The standard InChI is InChI=1S/C18H17N3O2S/c1-23-15-10-8-14(9-11-15)21-18(24-2)16(12-19)17(22)20-13-6-4-3-5-7-13/h3-11,21H,1-2H3,(H,20,22)/b18-16+. The van der Waals surface area contributed by atoms with Crippen LogP contribution in [0.3, 0.4) is 0 Å². The molecule has 0 aliphatic carbocycles. The maximum atomic E-state index is 12.4. The molecule has 6 heteroatoms. The van der Waals surface area contributed by atoms with E-state index in [1.807, 2.05) is 36.4 Å². The summed E-state index contributed by atoms with van der Waals surface area (Å²) in [7, 11) is 1.59. The molecule has 2 N–H and O–H groups in total. The first kappa shape index (κ1) is 17.4. The number of nitriles is 1. The first-order valence-corrected chi connectivity index (χ1v) is 8.36. The summed E-state index contributed by atoms with van der Waals surface area (Å²) >= 11 is 1.30. The molecule has 0 aliphatic rings. The van der Waals surface area contributed by atoms with Crippen LogP contribution in [0, 0.1) is 11.3 Å². The van der Waals surface area contributed by atoms with Gasteiger partial charge in [0.25, 0.3) is 5.91 Å². The first-order valence-electron chi connectivity index (χ1n) is 7.13. The molecule has 0 atom stereocenters. The molecular formula is C18H17N3O2S. The number of thioether (sulfide) groups is 1. The lowest BCUT2D eigenvalue weighted by atomic mass is 10.2. The molecule has 24 heavy (non-hydrogen) atoms. The maximum Gasteiger partial charge on any atom is 0.269 e. The van der Waals surface area contributed by atoms with Crippen LogP contribution in [0.1, 0.15) is 0 Å². The minimum absolute atomic E-state index is 0.0298. The highest BCUT2D eigenvalue weighted by Crippen LogP contribution is 2.23. The number of rotatable bonds is 6. The van der Waals surface area contributed by atoms with E-state index in [-0.39, 0.29) is 5.57 Å². The summed E-state index contributed by atoms with van der Waals surface area (Å²) in [6.07, 6.45) is 1.80. The zero-order chi connectivity index (χ0) is 17.4. The number of anilines is 2. The fourth-order valence-electron chi connectivity index (χ4n) is 1.94. The average Bonchev–Trinajstić information content (AvgIpc) is 2.62. The first-order chi connectivity index (χ1) is 11.7. The molecule has 0 heterocycles. The smallest absolute Gasteiger partial charge is 0.269 e. The minimum atomic E-state index is -0.450. The largest absolute Gasteiger partial charge is 0.497 e. The summed E-state index contributed by atoms with van der Waals surface area (Å²) in [5, 5.41) is 15.7. The van der Waals surface area contributed by atoms with Crippen LogP contribution >= 0.6 is 11.8 Å². The number of methoxy groups -OCH3 is 1. The number of carbonyl (C=O) groups is 1. The molecule has 0 aromatic heterocycles. The SMILES string of the molecule is COc1ccc(N/C(SC)=C(/C#N)C(=O)Nc2ccccc2)cc1. The molecule has 0 bridgehead atoms. The van der Waals surface area contributed by atoms with E-state index >= 15 is 0 Å². The predicted octanol–water partition coefficient (Wildman–Crippen LogP) is 3.84. The Bertz CT molecular complexity index is 765. The van der Waals surface area contributed by atoms with Gasteiger partial charge in [0.2, 0.25) is 0 Å². The van der Waals surface area contributed by atoms with Crippen LogP contribution in [0.2, 0.25) is 0 Å². The van der Waals surface area contributed by atoms with Crippen molar-refractivity contribution in [1.29, 1.82) is 5.26 Å². The topological polar surface area (TPSA) is 74.1 Å². The molecule has 2 aromatic rings. The van der Waals surface area contributed by atoms with Gasteiger partial charge in [-0.2, -0.15) is 5.26 Å². The minimum Gasteiger partial charge on any atom is -0.497 e. The highest BCUT2D eigenvalue weighted by Gasteiger charge is 2.15. The number of carbonyl (C=O) groups excluding carboxylic acids is 1. The Morgan fingerprint density at radius 3 is 2.21 bits per heavy atom. The van der Waals surface area contributed by atoms with Crippen molar-refractivity contribution in [3.8, 4) is 11.8 Å². The van der Waals surface area contributed by atoms with Gasteiger partial charge in [0, 0.05) is 11.4 Å². The average molecular weight is 339 g/mol. The van der Waals surface area contributed by atoms with Crippen LogP contribution in [-0.2, 0) is 4.79 Å². The van der Waals surface area contributed by atoms with Crippen molar-refractivity contribution in [2.45, 2.75) is 0 Å². The third kappa shape index (κ3) is 4.54. The molecule has 0 radical (unpaired) electrons. The quantitative estimate of drug-likeness (QED) is 0.618. The van der Waals surface area contributed by atoms with Crippen molar-refractivity contribution in [3.05, 3.63) is 65.2 Å². The van der Waals surface area contributed by atoms with Gasteiger partial charge in [0.15, 0.2) is 0 Å². The Hall–Kier alpha value is -2.91. The fraction of sp³-hybridized carbons (Fsp3) is 0.111. The summed E-state index contributed by atoms with van der Waals surface area (Å²) in [5.41, 5.74) is 1.43. The van der Waals surface area contributed by atoms with Crippen LogP contribution in [-0.4, -0.2) is 19.3 Å². The molecule has 0 unspecified atom stereocenters. The van der Waals surface area contributed by atoms with E-state index in [0.29, 0.717) is 10.7 Å². The highest BCUT2D eigenvalue weighted by atomic mass is 32.2. The molecule has 2 aromatic carbocycles. The number of benzene rings is 2. The van der Waals surface area contributed by atoms with Gasteiger partial charge >= 0.3 is 0 Å². The van der Waals surface area contributed by atoms with E-state index in [2.05, 4.69) is 10.6 Å². The van der Waals surface area contributed by atoms with E-state index in [9.17, 15) is 10.1 Å². The number of ether oxygens (including phenoxy) is 1. The summed E-state index contributed by atoms with van der Waals surface area (Å²) in [6, 6.07) is 18.2. The maximum absolute atomic E-state index is 12.4. The van der Waals surface area contributed by atoms with E-state index in [4.69, 9.17) is 4.74 Å². The zero-order valence-electron chi connectivity index (χ0n) is 13.4. The molecule has 0 saturated carbocycles. The van der Waals surface area contributed by atoms with Gasteiger partial charge in [-0.15, -0.1) is 11.8 Å². The fourth-order valence-corrected chi connectivity index (χ4v) is 2.50. The van der Waals surface area contributed by atoms with Gasteiger partial charge in [-0.1, -0.05) is 18.2 Å². The summed E-state index contributed by atoms with van der Waals surface area (Å²) in [6.45, 7) is 0. The second-order valence-corrected chi connectivity index (χ2v) is 5.51. The summed E-state index contributed by atoms with van der Waals surface area (Å²) < 4.78 is 5.11. The molecule has 0 aliphatic heterocycles. The van der Waals surface area contributed by atoms with E-state index in [1.54, 1.807) is 37.6 Å². The van der Waals surface area contributed by atoms with E-state index in [0.717, 1.165) is 11.4 Å². The van der Waals surface area contributed by atoms with Crippen molar-refractivity contribution in [3.63, 3.8) is 0 Å². The third-order valence-electron chi connectivity index (χ3n) is 3.15. The monoisotopic (exact) mass is 339 g/mol. The van der Waals surface area contributed by atoms with Crippen LogP contribution in [0.5, 0.6) is 5.75 Å². The lowest BCUT2D eigenvalue weighted by Gasteiger charge is -2.12.